The zero-order valence-electron chi connectivity index (χ0n) is 29.4. The minimum atomic E-state index is -1.33. The van der Waals surface area contributed by atoms with Gasteiger partial charge in [0.05, 0.1) is 53.4 Å². The molecular weight excluding hydrogens is 664 g/mol. The number of rotatable bonds is 20. The van der Waals surface area contributed by atoms with Crippen molar-refractivity contribution in [1.82, 2.24) is 0 Å². The van der Waals surface area contributed by atoms with Crippen molar-refractivity contribution in [2.45, 2.75) is 75.6 Å². The molecule has 6 rings (SSSR count). The van der Waals surface area contributed by atoms with Crippen molar-refractivity contribution in [1.29, 1.82) is 0 Å². The first kappa shape index (κ1) is 37.8. The lowest BCUT2D eigenvalue weighted by Gasteiger charge is -2.29. The van der Waals surface area contributed by atoms with Gasteiger partial charge in [-0.25, -0.2) is 0 Å². The summed E-state index contributed by atoms with van der Waals surface area (Å²) >= 11 is 0. The van der Waals surface area contributed by atoms with Gasteiger partial charge in [0.25, 0.3) is 0 Å². The fraction of sp³-hybridized carbons (Fsp3) is 0.381. The molecule has 0 spiro atoms. The molecule has 4 aromatic carbocycles. The number of methoxy groups -OCH3 is 1. The second-order valence-corrected chi connectivity index (χ2v) is 12.7. The zero-order valence-corrected chi connectivity index (χ0v) is 29.4. The highest BCUT2D eigenvalue weighted by atomic mass is 16.8. The molecule has 10 heteroatoms. The Balaban J connectivity index is 1.21. The first-order valence-electron chi connectivity index (χ1n) is 17.6. The monoisotopic (exact) mass is 712 g/mol. The van der Waals surface area contributed by atoms with Gasteiger partial charge in [-0.1, -0.05) is 109 Å². The van der Waals surface area contributed by atoms with Crippen LogP contribution in [0.1, 0.15) is 22.3 Å². The fourth-order valence-corrected chi connectivity index (χ4v) is 6.24. The van der Waals surface area contributed by atoms with Crippen molar-refractivity contribution in [2.24, 2.45) is 0 Å². The molecule has 0 aromatic heterocycles. The number of hydrogen-bond donors (Lipinski definition) is 1. The van der Waals surface area contributed by atoms with Crippen LogP contribution in [0.4, 0.5) is 0 Å². The molecule has 276 valence electrons. The average Bonchev–Trinajstić information content (AvgIpc) is 3.67. The van der Waals surface area contributed by atoms with Crippen LogP contribution in [-0.2, 0) is 64.3 Å². The van der Waals surface area contributed by atoms with Crippen LogP contribution < -0.4 is 4.74 Å². The number of aliphatic hydroxyl groups excluding tert-OH is 1. The van der Waals surface area contributed by atoms with Crippen LogP contribution in [0, 0.1) is 0 Å². The van der Waals surface area contributed by atoms with Gasteiger partial charge in [-0.15, -0.1) is 6.58 Å². The van der Waals surface area contributed by atoms with E-state index >= 15 is 0 Å². The molecule has 2 saturated heterocycles. The van der Waals surface area contributed by atoms with Gasteiger partial charge < -0.3 is 47.7 Å². The first-order valence-corrected chi connectivity index (χ1v) is 17.6. The molecule has 0 saturated carbocycles. The molecule has 0 aliphatic carbocycles. The topological polar surface area (TPSA) is 103 Å². The second-order valence-electron chi connectivity index (χ2n) is 12.7. The predicted molar refractivity (Wildman–Crippen MR) is 193 cm³/mol. The van der Waals surface area contributed by atoms with Gasteiger partial charge in [-0.05, 0) is 34.4 Å². The summed E-state index contributed by atoms with van der Waals surface area (Å²) < 4.78 is 56.0. The number of benzene rings is 4. The SMILES string of the molecule is C=CCOC[C@H]1O[C@@H](O[C@H]2[C@H](OCc3ccccc3)[C@@H](COCc3ccc(OC)cc3)O[C@@H]2O)[C@@H](OCc2ccccc2)[C@@H]1OCc1ccccc1. The van der Waals surface area contributed by atoms with E-state index in [0.717, 1.165) is 28.0 Å². The predicted octanol–water partition coefficient (Wildman–Crippen LogP) is 6.00. The van der Waals surface area contributed by atoms with Gasteiger partial charge in [0.2, 0.25) is 0 Å². The molecule has 52 heavy (non-hydrogen) atoms. The van der Waals surface area contributed by atoms with Gasteiger partial charge in [-0.3, -0.25) is 0 Å². The molecule has 0 amide bonds. The van der Waals surface area contributed by atoms with Crippen LogP contribution in [0.2, 0.25) is 0 Å². The van der Waals surface area contributed by atoms with Gasteiger partial charge in [0.1, 0.15) is 42.4 Å². The summed E-state index contributed by atoms with van der Waals surface area (Å²) in [6.45, 7) is 5.72. The highest BCUT2D eigenvalue weighted by molar-refractivity contribution is 5.26. The van der Waals surface area contributed by atoms with Crippen molar-refractivity contribution in [3.63, 3.8) is 0 Å². The maximum Gasteiger partial charge on any atom is 0.187 e. The highest BCUT2D eigenvalue weighted by Gasteiger charge is 2.53. The molecule has 8 atom stereocenters. The van der Waals surface area contributed by atoms with Crippen molar-refractivity contribution < 1.29 is 47.7 Å². The summed E-state index contributed by atoms with van der Waals surface area (Å²) in [6.07, 6.45) is -4.66. The zero-order chi connectivity index (χ0) is 36.0. The van der Waals surface area contributed by atoms with Crippen LogP contribution in [0.5, 0.6) is 5.75 Å². The maximum atomic E-state index is 11.4. The summed E-state index contributed by atoms with van der Waals surface area (Å²) in [5, 5.41) is 11.4. The third kappa shape index (κ3) is 10.6. The molecule has 0 radical (unpaired) electrons. The normalized spacial score (nSPS) is 25.7. The molecule has 4 aromatic rings. The standard InChI is InChI=1S/C42H48O10/c1-3-23-45-28-36-38(48-26-31-15-9-5-10-16-31)40(49-27-32-17-11-6-12-18-32)42(51-36)52-39-37(47-25-30-13-7-4-8-14-30)35(50-41(39)43)29-46-24-33-19-21-34(44-2)22-20-33/h3-22,35-43H,1,23-29H2,2H3/t35-,36-,37-,38-,39+,40+,41+,42+/m1/s1. The Morgan fingerprint density at radius 1 is 0.577 bits per heavy atom. The van der Waals surface area contributed by atoms with E-state index in [1.807, 2.05) is 115 Å². The molecule has 2 aliphatic rings. The fourth-order valence-electron chi connectivity index (χ4n) is 6.24. The maximum absolute atomic E-state index is 11.4. The molecule has 10 nitrogen and oxygen atoms in total. The third-order valence-electron chi connectivity index (χ3n) is 8.93. The van der Waals surface area contributed by atoms with Gasteiger partial charge in [-0.2, -0.15) is 0 Å². The molecule has 0 unspecified atom stereocenters. The van der Waals surface area contributed by atoms with E-state index in [-0.39, 0.29) is 19.8 Å². The lowest BCUT2D eigenvalue weighted by molar-refractivity contribution is -0.246. The van der Waals surface area contributed by atoms with Crippen molar-refractivity contribution in [2.75, 3.05) is 26.9 Å². The summed E-state index contributed by atoms with van der Waals surface area (Å²) in [5.74, 6) is 0.766. The first-order chi connectivity index (χ1) is 25.6. The van der Waals surface area contributed by atoms with E-state index in [4.69, 9.17) is 42.6 Å². The summed E-state index contributed by atoms with van der Waals surface area (Å²) in [7, 11) is 1.63. The van der Waals surface area contributed by atoms with E-state index in [1.165, 1.54) is 0 Å². The summed E-state index contributed by atoms with van der Waals surface area (Å²) in [5.41, 5.74) is 3.93. The molecule has 2 fully saturated rings. The van der Waals surface area contributed by atoms with Crippen LogP contribution in [-0.4, -0.2) is 81.2 Å². The van der Waals surface area contributed by atoms with Crippen LogP contribution in [0.25, 0.3) is 0 Å². The Morgan fingerprint density at radius 3 is 1.60 bits per heavy atom. The molecule has 2 heterocycles. The minimum Gasteiger partial charge on any atom is -0.497 e. The highest BCUT2D eigenvalue weighted by Crippen LogP contribution is 2.35. The summed E-state index contributed by atoms with van der Waals surface area (Å²) in [6, 6.07) is 37.3. The smallest absolute Gasteiger partial charge is 0.187 e. The molecule has 2 aliphatic heterocycles. The van der Waals surface area contributed by atoms with E-state index < -0.39 is 49.2 Å². The van der Waals surface area contributed by atoms with Crippen molar-refractivity contribution in [3.05, 3.63) is 150 Å². The largest absolute Gasteiger partial charge is 0.497 e. The molecular formula is C42H48O10. The third-order valence-corrected chi connectivity index (χ3v) is 8.93. The quantitative estimate of drug-likeness (QED) is 0.0868. The number of aliphatic hydroxyl groups is 1. The molecule has 1 N–H and O–H groups in total. The van der Waals surface area contributed by atoms with Crippen molar-refractivity contribution in [3.8, 4) is 5.75 Å². The lowest BCUT2D eigenvalue weighted by Crippen LogP contribution is -2.45. The van der Waals surface area contributed by atoms with E-state index in [1.54, 1.807) is 13.2 Å². The number of hydrogen-bond acceptors (Lipinski definition) is 10. The Labute approximate surface area is 305 Å². The molecule has 0 bridgehead atoms. The van der Waals surface area contributed by atoms with Gasteiger partial charge in [0, 0.05) is 0 Å². The Hall–Kier alpha value is -3.94. The van der Waals surface area contributed by atoms with Crippen LogP contribution >= 0.6 is 0 Å². The second kappa shape index (κ2) is 19.8. The van der Waals surface area contributed by atoms with Crippen molar-refractivity contribution >= 4 is 0 Å². The van der Waals surface area contributed by atoms with E-state index in [9.17, 15) is 5.11 Å². The lowest BCUT2D eigenvalue weighted by atomic mass is 10.1. The van der Waals surface area contributed by atoms with Crippen LogP contribution in [0.15, 0.2) is 128 Å². The van der Waals surface area contributed by atoms with Gasteiger partial charge >= 0.3 is 0 Å². The Kier molecular flexibility index (Phi) is 14.4. The minimum absolute atomic E-state index is 0.155. The number of ether oxygens (including phenoxy) is 9. The average molecular weight is 713 g/mol. The van der Waals surface area contributed by atoms with E-state index in [2.05, 4.69) is 6.58 Å². The Bertz CT molecular complexity index is 1590. The Morgan fingerprint density at radius 2 is 1.06 bits per heavy atom. The van der Waals surface area contributed by atoms with Crippen LogP contribution in [0.3, 0.4) is 0 Å². The van der Waals surface area contributed by atoms with Gasteiger partial charge in [0.15, 0.2) is 12.6 Å². The van der Waals surface area contributed by atoms with E-state index in [0.29, 0.717) is 26.4 Å². The summed E-state index contributed by atoms with van der Waals surface area (Å²) in [4.78, 5) is 0.